The first-order valence-corrected chi connectivity index (χ1v) is 8.97. The Morgan fingerprint density at radius 2 is 2.04 bits per heavy atom. The lowest BCUT2D eigenvalue weighted by Gasteiger charge is -2.34. The van der Waals surface area contributed by atoms with Crippen molar-refractivity contribution in [3.05, 3.63) is 70.0 Å². The molecule has 1 saturated heterocycles. The van der Waals surface area contributed by atoms with Crippen LogP contribution in [0.25, 0.3) is 10.9 Å². The van der Waals surface area contributed by atoms with Crippen LogP contribution in [0.3, 0.4) is 0 Å². The number of halogens is 1. The maximum atomic E-state index is 13.0. The number of ether oxygens (including phenoxy) is 1. The lowest BCUT2D eigenvalue weighted by molar-refractivity contribution is 0.0120. The Hall–Kier alpha value is -2.28. The quantitative estimate of drug-likeness (QED) is 0.706. The van der Waals surface area contributed by atoms with Crippen LogP contribution >= 0.6 is 11.6 Å². The average molecular weight is 371 g/mol. The van der Waals surface area contributed by atoms with E-state index < -0.39 is 0 Å². The Bertz CT molecular complexity index is 955. The molecule has 26 heavy (non-hydrogen) atoms. The number of pyridine rings is 1. The summed E-state index contributed by atoms with van der Waals surface area (Å²) in [6.07, 6.45) is 5.21. The van der Waals surface area contributed by atoms with Crippen LogP contribution in [0, 0.1) is 0 Å². The predicted octanol–water partition coefficient (Wildman–Crippen LogP) is 2.52. The minimum Gasteiger partial charge on any atom is -0.379 e. The fourth-order valence-electron chi connectivity index (χ4n) is 3.37. The normalized spacial score (nSPS) is 16.7. The average Bonchev–Trinajstić information content (AvgIpc) is 2.69. The molecule has 0 spiro atoms. The summed E-state index contributed by atoms with van der Waals surface area (Å²) in [5, 5.41) is 0.891. The number of aromatic nitrogens is 3. The molecule has 0 amide bonds. The molecule has 1 fully saturated rings. The Morgan fingerprint density at radius 3 is 2.81 bits per heavy atom. The molecule has 0 bridgehead atoms. The van der Waals surface area contributed by atoms with Gasteiger partial charge in [0.15, 0.2) is 0 Å². The molecule has 7 heteroatoms. The van der Waals surface area contributed by atoms with Gasteiger partial charge in [0.05, 0.1) is 41.5 Å². The molecule has 6 nitrogen and oxygen atoms in total. The standard InChI is InChI=1S/C19H19ClN4O2/c20-15-4-1-5-16-18(15)19(25)24(13-22-16)12-17(14-3-2-6-21-11-14)23-7-9-26-10-8-23/h1-6,11,13,17H,7-10,12H2/t17-/m1/s1. The van der Waals surface area contributed by atoms with E-state index in [0.29, 0.717) is 35.7 Å². The summed E-state index contributed by atoms with van der Waals surface area (Å²) in [6, 6.07) is 9.30. The van der Waals surface area contributed by atoms with Gasteiger partial charge in [-0.1, -0.05) is 23.7 Å². The molecule has 0 unspecified atom stereocenters. The SMILES string of the molecule is O=c1c2c(Cl)cccc2ncn1C[C@H](c1cccnc1)N1CCOCC1. The zero-order chi connectivity index (χ0) is 17.9. The number of benzene rings is 1. The Morgan fingerprint density at radius 1 is 1.19 bits per heavy atom. The van der Waals surface area contributed by atoms with Gasteiger partial charge in [-0.2, -0.15) is 0 Å². The molecular formula is C19H19ClN4O2. The summed E-state index contributed by atoms with van der Waals surface area (Å²) in [5.74, 6) is 0. The number of hydrogen-bond donors (Lipinski definition) is 0. The molecule has 0 aliphatic carbocycles. The van der Waals surface area contributed by atoms with Crippen molar-refractivity contribution in [3.63, 3.8) is 0 Å². The molecule has 4 rings (SSSR count). The summed E-state index contributed by atoms with van der Waals surface area (Å²) in [6.45, 7) is 3.49. The van der Waals surface area contributed by atoms with E-state index in [9.17, 15) is 4.79 Å². The second kappa shape index (κ2) is 7.53. The van der Waals surface area contributed by atoms with Gasteiger partial charge in [0.1, 0.15) is 0 Å². The first-order chi connectivity index (χ1) is 12.7. The number of hydrogen-bond acceptors (Lipinski definition) is 5. The zero-order valence-electron chi connectivity index (χ0n) is 14.2. The summed E-state index contributed by atoms with van der Waals surface area (Å²) in [7, 11) is 0. The van der Waals surface area contributed by atoms with Crippen molar-refractivity contribution in [2.45, 2.75) is 12.6 Å². The van der Waals surface area contributed by atoms with Gasteiger partial charge in [-0.15, -0.1) is 0 Å². The van der Waals surface area contributed by atoms with Crippen LogP contribution in [0.15, 0.2) is 53.8 Å². The summed E-state index contributed by atoms with van der Waals surface area (Å²) >= 11 is 6.25. The van der Waals surface area contributed by atoms with E-state index in [2.05, 4.69) is 14.9 Å². The summed E-state index contributed by atoms with van der Waals surface area (Å²) in [5.41, 5.74) is 1.56. The van der Waals surface area contributed by atoms with Gasteiger partial charge >= 0.3 is 0 Å². The number of fused-ring (bicyclic) bond motifs is 1. The minimum absolute atomic E-state index is 0.0204. The summed E-state index contributed by atoms with van der Waals surface area (Å²) in [4.78, 5) is 24.0. The first-order valence-electron chi connectivity index (χ1n) is 8.59. The highest BCUT2D eigenvalue weighted by atomic mass is 35.5. The van der Waals surface area contributed by atoms with Gasteiger partial charge in [0.2, 0.25) is 0 Å². The van der Waals surface area contributed by atoms with Gasteiger partial charge < -0.3 is 4.74 Å². The Balaban J connectivity index is 1.74. The molecule has 0 saturated carbocycles. The smallest absolute Gasteiger partial charge is 0.262 e. The number of nitrogens with zero attached hydrogens (tertiary/aromatic N) is 4. The molecule has 134 valence electrons. The van der Waals surface area contributed by atoms with Crippen molar-refractivity contribution in [2.24, 2.45) is 0 Å². The maximum Gasteiger partial charge on any atom is 0.262 e. The van der Waals surface area contributed by atoms with E-state index in [-0.39, 0.29) is 11.6 Å². The van der Waals surface area contributed by atoms with Crippen molar-refractivity contribution >= 4 is 22.5 Å². The monoisotopic (exact) mass is 370 g/mol. The van der Waals surface area contributed by atoms with E-state index in [1.54, 1.807) is 35.3 Å². The molecular weight excluding hydrogens is 352 g/mol. The number of morpholine rings is 1. The van der Waals surface area contributed by atoms with Gasteiger partial charge in [-0.3, -0.25) is 19.2 Å². The van der Waals surface area contributed by atoms with E-state index in [1.165, 1.54) is 0 Å². The fourth-order valence-corrected chi connectivity index (χ4v) is 3.62. The van der Waals surface area contributed by atoms with Crippen LogP contribution in [-0.2, 0) is 11.3 Å². The lowest BCUT2D eigenvalue weighted by atomic mass is 10.1. The maximum absolute atomic E-state index is 13.0. The highest BCUT2D eigenvalue weighted by molar-refractivity contribution is 6.35. The molecule has 3 heterocycles. The highest BCUT2D eigenvalue weighted by Gasteiger charge is 2.24. The first kappa shape index (κ1) is 17.1. The Labute approximate surface area is 156 Å². The van der Waals surface area contributed by atoms with E-state index >= 15 is 0 Å². The lowest BCUT2D eigenvalue weighted by Crippen LogP contribution is -2.41. The number of rotatable bonds is 4. The van der Waals surface area contributed by atoms with Crippen LogP contribution < -0.4 is 5.56 Å². The van der Waals surface area contributed by atoms with Gasteiger partial charge in [0.25, 0.3) is 5.56 Å². The highest BCUT2D eigenvalue weighted by Crippen LogP contribution is 2.24. The molecule has 2 aromatic heterocycles. The van der Waals surface area contributed by atoms with E-state index in [1.807, 2.05) is 18.3 Å². The van der Waals surface area contributed by atoms with Crippen molar-refractivity contribution in [1.29, 1.82) is 0 Å². The third kappa shape index (κ3) is 3.35. The Kier molecular flexibility index (Phi) is 4.97. The van der Waals surface area contributed by atoms with Gasteiger partial charge in [-0.25, -0.2) is 4.98 Å². The molecule has 0 radical (unpaired) electrons. The molecule has 1 aliphatic rings. The largest absolute Gasteiger partial charge is 0.379 e. The van der Waals surface area contributed by atoms with Crippen LogP contribution in [-0.4, -0.2) is 45.7 Å². The van der Waals surface area contributed by atoms with Gasteiger partial charge in [-0.05, 0) is 23.8 Å². The van der Waals surface area contributed by atoms with Crippen LogP contribution in [0.2, 0.25) is 5.02 Å². The van der Waals surface area contributed by atoms with Crippen molar-refractivity contribution in [1.82, 2.24) is 19.4 Å². The second-order valence-electron chi connectivity index (χ2n) is 6.29. The third-order valence-corrected chi connectivity index (χ3v) is 5.04. The summed E-state index contributed by atoms with van der Waals surface area (Å²) < 4.78 is 7.12. The van der Waals surface area contributed by atoms with Crippen LogP contribution in [0.1, 0.15) is 11.6 Å². The van der Waals surface area contributed by atoms with Crippen LogP contribution in [0.5, 0.6) is 0 Å². The molecule has 0 N–H and O–H groups in total. The zero-order valence-corrected chi connectivity index (χ0v) is 15.0. The molecule has 1 aliphatic heterocycles. The third-order valence-electron chi connectivity index (χ3n) is 4.73. The molecule has 1 aromatic carbocycles. The van der Waals surface area contributed by atoms with Gasteiger partial charge in [0, 0.05) is 32.0 Å². The van der Waals surface area contributed by atoms with Crippen LogP contribution in [0.4, 0.5) is 0 Å². The topological polar surface area (TPSA) is 60.2 Å². The second-order valence-corrected chi connectivity index (χ2v) is 6.69. The van der Waals surface area contributed by atoms with E-state index in [4.69, 9.17) is 16.3 Å². The molecule has 3 aromatic rings. The van der Waals surface area contributed by atoms with E-state index in [0.717, 1.165) is 18.7 Å². The van der Waals surface area contributed by atoms with Crippen molar-refractivity contribution in [2.75, 3.05) is 26.3 Å². The minimum atomic E-state index is -0.122. The fraction of sp³-hybridized carbons (Fsp3) is 0.316. The van der Waals surface area contributed by atoms with Crippen molar-refractivity contribution in [3.8, 4) is 0 Å². The predicted molar refractivity (Wildman–Crippen MR) is 100 cm³/mol. The molecule has 1 atom stereocenters. The van der Waals surface area contributed by atoms with Crippen molar-refractivity contribution < 1.29 is 4.74 Å².